The van der Waals surface area contributed by atoms with Gasteiger partial charge in [-0.2, -0.15) is 0 Å². The highest BCUT2D eigenvalue weighted by atomic mass is 16.6. The fourth-order valence-electron chi connectivity index (χ4n) is 1.90. The Morgan fingerprint density at radius 2 is 1.48 bits per heavy atom. The summed E-state index contributed by atoms with van der Waals surface area (Å²) in [6, 6.07) is 10.6. The maximum atomic E-state index is 12.0. The zero-order valence-corrected chi connectivity index (χ0v) is 13.0. The summed E-state index contributed by atoms with van der Waals surface area (Å²) < 4.78 is 4.57. The van der Waals surface area contributed by atoms with Crippen molar-refractivity contribution in [3.05, 3.63) is 75.3 Å². The summed E-state index contributed by atoms with van der Waals surface area (Å²) in [5.41, 5.74) is 4.70. The number of nitro benzene ring substituents is 1. The highest BCUT2D eigenvalue weighted by Gasteiger charge is 2.13. The molecule has 0 aliphatic rings. The van der Waals surface area contributed by atoms with Gasteiger partial charge in [0.05, 0.1) is 17.6 Å². The minimum Gasteiger partial charge on any atom is -0.465 e. The Labute approximate surface area is 141 Å². The number of rotatable bonds is 4. The Hall–Kier alpha value is -3.75. The van der Waals surface area contributed by atoms with Crippen LogP contribution in [-0.4, -0.2) is 29.8 Å². The van der Waals surface area contributed by atoms with Crippen LogP contribution in [0.4, 0.5) is 5.69 Å². The highest BCUT2D eigenvalue weighted by molar-refractivity contribution is 6.00. The molecular weight excluding hydrogens is 330 g/mol. The molecule has 25 heavy (non-hydrogen) atoms. The van der Waals surface area contributed by atoms with E-state index in [9.17, 15) is 24.5 Å². The van der Waals surface area contributed by atoms with Gasteiger partial charge in [-0.1, -0.05) is 6.07 Å². The van der Waals surface area contributed by atoms with Crippen LogP contribution < -0.4 is 10.9 Å². The Morgan fingerprint density at radius 1 is 0.920 bits per heavy atom. The van der Waals surface area contributed by atoms with Crippen LogP contribution in [0.15, 0.2) is 48.5 Å². The predicted molar refractivity (Wildman–Crippen MR) is 85.8 cm³/mol. The quantitative estimate of drug-likeness (QED) is 0.491. The minimum absolute atomic E-state index is 0.134. The number of nitrogens with one attached hydrogen (secondary N) is 2. The van der Waals surface area contributed by atoms with Gasteiger partial charge < -0.3 is 4.74 Å². The van der Waals surface area contributed by atoms with Gasteiger partial charge in [0.15, 0.2) is 0 Å². The summed E-state index contributed by atoms with van der Waals surface area (Å²) in [5, 5.41) is 10.6. The predicted octanol–water partition coefficient (Wildman–Crippen LogP) is 1.46. The van der Waals surface area contributed by atoms with E-state index in [0.717, 1.165) is 0 Å². The number of non-ortho nitro benzene ring substituents is 1. The minimum atomic E-state index is -0.646. The van der Waals surface area contributed by atoms with Crippen molar-refractivity contribution in [2.45, 2.75) is 0 Å². The van der Waals surface area contributed by atoms with Crippen molar-refractivity contribution in [2.75, 3.05) is 7.11 Å². The first kappa shape index (κ1) is 17.6. The molecule has 9 nitrogen and oxygen atoms in total. The summed E-state index contributed by atoms with van der Waals surface area (Å²) in [5.74, 6) is -1.88. The van der Waals surface area contributed by atoms with Gasteiger partial charge in [-0.25, -0.2) is 4.79 Å². The summed E-state index contributed by atoms with van der Waals surface area (Å²) in [6.07, 6.45) is 0. The van der Waals surface area contributed by atoms with Crippen molar-refractivity contribution in [1.29, 1.82) is 0 Å². The van der Waals surface area contributed by atoms with E-state index in [-0.39, 0.29) is 22.4 Å². The lowest BCUT2D eigenvalue weighted by Gasteiger charge is -2.08. The van der Waals surface area contributed by atoms with Crippen molar-refractivity contribution in [3.8, 4) is 0 Å². The van der Waals surface area contributed by atoms with E-state index in [2.05, 4.69) is 15.6 Å². The zero-order chi connectivity index (χ0) is 18.4. The molecule has 128 valence electrons. The summed E-state index contributed by atoms with van der Waals surface area (Å²) in [7, 11) is 1.22. The zero-order valence-electron chi connectivity index (χ0n) is 13.0. The normalized spacial score (nSPS) is 9.80. The van der Waals surface area contributed by atoms with Crippen LogP contribution in [0.25, 0.3) is 0 Å². The van der Waals surface area contributed by atoms with Gasteiger partial charge in [0.25, 0.3) is 17.5 Å². The van der Waals surface area contributed by atoms with E-state index in [1.807, 2.05) is 0 Å². The first-order valence-electron chi connectivity index (χ1n) is 6.96. The molecule has 0 aliphatic heterocycles. The van der Waals surface area contributed by atoms with Gasteiger partial charge in [0.2, 0.25) is 0 Å². The van der Waals surface area contributed by atoms with E-state index in [0.29, 0.717) is 0 Å². The second-order valence-corrected chi connectivity index (χ2v) is 4.78. The molecule has 2 rings (SSSR count). The lowest BCUT2D eigenvalue weighted by atomic mass is 10.1. The van der Waals surface area contributed by atoms with Gasteiger partial charge >= 0.3 is 5.97 Å². The van der Waals surface area contributed by atoms with Crippen molar-refractivity contribution in [2.24, 2.45) is 0 Å². The molecule has 0 heterocycles. The number of nitro groups is 1. The Bertz CT molecular complexity index is 832. The molecule has 0 spiro atoms. The third-order valence-corrected chi connectivity index (χ3v) is 3.18. The van der Waals surface area contributed by atoms with Crippen LogP contribution in [0.2, 0.25) is 0 Å². The van der Waals surface area contributed by atoms with Crippen LogP contribution in [0.5, 0.6) is 0 Å². The fourth-order valence-corrected chi connectivity index (χ4v) is 1.90. The van der Waals surface area contributed by atoms with E-state index in [1.54, 1.807) is 0 Å². The average Bonchev–Trinajstić information content (AvgIpc) is 2.65. The molecule has 2 amide bonds. The summed E-state index contributed by atoms with van der Waals surface area (Å²) >= 11 is 0. The van der Waals surface area contributed by atoms with Crippen LogP contribution >= 0.6 is 0 Å². The summed E-state index contributed by atoms with van der Waals surface area (Å²) in [4.78, 5) is 45.4. The lowest BCUT2D eigenvalue weighted by Crippen LogP contribution is -2.41. The molecule has 9 heteroatoms. The van der Waals surface area contributed by atoms with Crippen LogP contribution in [0, 0.1) is 10.1 Å². The summed E-state index contributed by atoms with van der Waals surface area (Å²) in [6.45, 7) is 0. The second-order valence-electron chi connectivity index (χ2n) is 4.78. The Balaban J connectivity index is 2.00. The van der Waals surface area contributed by atoms with Gasteiger partial charge in [-0.15, -0.1) is 0 Å². The largest absolute Gasteiger partial charge is 0.465 e. The van der Waals surface area contributed by atoms with E-state index in [1.165, 1.54) is 55.6 Å². The molecule has 2 aromatic rings. The number of ether oxygens (including phenoxy) is 1. The topological polar surface area (TPSA) is 128 Å². The number of hydrogen-bond donors (Lipinski definition) is 2. The number of benzene rings is 2. The lowest BCUT2D eigenvalue weighted by molar-refractivity contribution is -0.384. The number of hydrazine groups is 1. The highest BCUT2D eigenvalue weighted by Crippen LogP contribution is 2.11. The third-order valence-electron chi connectivity index (χ3n) is 3.18. The van der Waals surface area contributed by atoms with E-state index >= 15 is 0 Å². The monoisotopic (exact) mass is 343 g/mol. The maximum absolute atomic E-state index is 12.0. The second kappa shape index (κ2) is 7.68. The van der Waals surface area contributed by atoms with Gasteiger partial charge in [-0.05, 0) is 30.3 Å². The fraction of sp³-hybridized carbons (Fsp3) is 0.0625. The van der Waals surface area contributed by atoms with Crippen molar-refractivity contribution < 1.29 is 24.0 Å². The number of carbonyl (C=O) groups is 3. The smallest absolute Gasteiger partial charge is 0.337 e. The van der Waals surface area contributed by atoms with Gasteiger partial charge in [0.1, 0.15) is 0 Å². The van der Waals surface area contributed by atoms with Gasteiger partial charge in [0, 0.05) is 23.3 Å². The molecule has 0 fully saturated rings. The Kier molecular flexibility index (Phi) is 5.41. The number of methoxy groups -OCH3 is 1. The molecule has 0 unspecified atom stereocenters. The third kappa shape index (κ3) is 4.38. The van der Waals surface area contributed by atoms with Crippen molar-refractivity contribution in [1.82, 2.24) is 10.9 Å². The maximum Gasteiger partial charge on any atom is 0.337 e. The SMILES string of the molecule is COC(=O)c1cccc(C(=O)NNC(=O)c2ccc([N+](=O)[O-])cc2)c1. The molecule has 0 radical (unpaired) electrons. The standard InChI is InChI=1S/C16H13N3O6/c1-25-16(22)12-4-2-3-11(9-12)15(21)18-17-14(20)10-5-7-13(8-6-10)19(23)24/h2-9H,1H3,(H,17,20)(H,18,21). The molecule has 0 saturated heterocycles. The van der Waals surface area contributed by atoms with Gasteiger partial charge in [-0.3, -0.25) is 30.6 Å². The molecular formula is C16H13N3O6. The molecule has 2 N–H and O–H groups in total. The molecule has 0 aromatic heterocycles. The van der Waals surface area contributed by atoms with Crippen molar-refractivity contribution >= 4 is 23.5 Å². The average molecular weight is 343 g/mol. The van der Waals surface area contributed by atoms with Crippen LogP contribution in [-0.2, 0) is 4.74 Å². The number of carbonyl (C=O) groups excluding carboxylic acids is 3. The molecule has 0 bridgehead atoms. The van der Waals surface area contributed by atoms with Crippen LogP contribution in [0.1, 0.15) is 31.1 Å². The van der Waals surface area contributed by atoms with E-state index in [4.69, 9.17) is 0 Å². The van der Waals surface area contributed by atoms with E-state index < -0.39 is 22.7 Å². The molecule has 2 aromatic carbocycles. The molecule has 0 atom stereocenters. The number of nitrogens with zero attached hydrogens (tertiary/aromatic N) is 1. The first-order chi connectivity index (χ1) is 11.9. The molecule has 0 aliphatic carbocycles. The van der Waals surface area contributed by atoms with Crippen molar-refractivity contribution in [3.63, 3.8) is 0 Å². The first-order valence-corrected chi connectivity index (χ1v) is 6.96. The number of esters is 1. The number of hydrogen-bond acceptors (Lipinski definition) is 6. The van der Waals surface area contributed by atoms with Crippen LogP contribution in [0.3, 0.4) is 0 Å². The Morgan fingerprint density at radius 3 is 2.04 bits per heavy atom. The number of amides is 2. The molecule has 0 saturated carbocycles.